The number of hydrogen-bond donors (Lipinski definition) is 1. The molecule has 0 aliphatic carbocycles. The zero-order valence-electron chi connectivity index (χ0n) is 11.9. The van der Waals surface area contributed by atoms with Crippen LogP contribution >= 0.6 is 0 Å². The van der Waals surface area contributed by atoms with Crippen LogP contribution in [0.2, 0.25) is 0 Å². The van der Waals surface area contributed by atoms with Gasteiger partial charge in [0.1, 0.15) is 5.82 Å². The highest BCUT2D eigenvalue weighted by molar-refractivity contribution is 5.34. The SMILES string of the molecule is Cc1nccc(CNCc2ccc(-n3ccnc3)cc2)n1. The summed E-state index contributed by atoms with van der Waals surface area (Å²) in [5, 5.41) is 3.39. The molecule has 3 aromatic rings. The Morgan fingerprint density at radius 1 is 1.05 bits per heavy atom. The lowest BCUT2D eigenvalue weighted by Crippen LogP contribution is -2.14. The molecule has 0 fully saturated rings. The van der Waals surface area contributed by atoms with Crippen molar-refractivity contribution in [1.29, 1.82) is 0 Å². The Balaban J connectivity index is 1.56. The Kier molecular flexibility index (Phi) is 4.02. The minimum Gasteiger partial charge on any atom is -0.307 e. The molecule has 0 saturated carbocycles. The molecule has 0 aliphatic heterocycles. The molecule has 0 amide bonds. The van der Waals surface area contributed by atoms with Crippen molar-refractivity contribution in [3.05, 3.63) is 72.3 Å². The minimum absolute atomic E-state index is 0.743. The van der Waals surface area contributed by atoms with Crippen LogP contribution in [0.5, 0.6) is 0 Å². The Hall–Kier alpha value is -2.53. The topological polar surface area (TPSA) is 55.6 Å². The third kappa shape index (κ3) is 3.52. The van der Waals surface area contributed by atoms with Gasteiger partial charge in [0, 0.05) is 37.4 Å². The summed E-state index contributed by atoms with van der Waals surface area (Å²) >= 11 is 0. The van der Waals surface area contributed by atoms with Crippen molar-refractivity contribution in [2.45, 2.75) is 20.0 Å². The number of hydrogen-bond acceptors (Lipinski definition) is 4. The molecule has 106 valence electrons. The van der Waals surface area contributed by atoms with E-state index in [9.17, 15) is 0 Å². The Morgan fingerprint density at radius 2 is 1.90 bits per heavy atom. The molecule has 0 unspecified atom stereocenters. The molecule has 2 aromatic heterocycles. The average molecular weight is 279 g/mol. The summed E-state index contributed by atoms with van der Waals surface area (Å²) in [5.74, 6) is 0.805. The summed E-state index contributed by atoms with van der Waals surface area (Å²) in [6.45, 7) is 3.46. The van der Waals surface area contributed by atoms with E-state index in [-0.39, 0.29) is 0 Å². The van der Waals surface area contributed by atoms with Gasteiger partial charge in [-0.3, -0.25) is 0 Å². The molecule has 0 aliphatic rings. The maximum absolute atomic E-state index is 4.37. The van der Waals surface area contributed by atoms with Crippen LogP contribution in [0.4, 0.5) is 0 Å². The zero-order valence-corrected chi connectivity index (χ0v) is 11.9. The molecule has 5 nitrogen and oxygen atoms in total. The van der Waals surface area contributed by atoms with E-state index >= 15 is 0 Å². The van der Waals surface area contributed by atoms with E-state index in [4.69, 9.17) is 0 Å². The van der Waals surface area contributed by atoms with Gasteiger partial charge in [0.2, 0.25) is 0 Å². The van der Waals surface area contributed by atoms with Gasteiger partial charge >= 0.3 is 0 Å². The van der Waals surface area contributed by atoms with Gasteiger partial charge < -0.3 is 9.88 Å². The third-order valence-corrected chi connectivity index (χ3v) is 3.21. The van der Waals surface area contributed by atoms with Crippen LogP contribution in [0.1, 0.15) is 17.1 Å². The maximum atomic E-state index is 4.37. The second-order valence-corrected chi connectivity index (χ2v) is 4.84. The Labute approximate surface area is 123 Å². The fourth-order valence-electron chi connectivity index (χ4n) is 2.14. The monoisotopic (exact) mass is 279 g/mol. The first-order valence-corrected chi connectivity index (χ1v) is 6.88. The Bertz CT molecular complexity index is 689. The van der Waals surface area contributed by atoms with Crippen LogP contribution in [0.15, 0.2) is 55.2 Å². The predicted molar refractivity (Wildman–Crippen MR) is 80.9 cm³/mol. The first-order valence-electron chi connectivity index (χ1n) is 6.88. The van der Waals surface area contributed by atoms with E-state index in [0.717, 1.165) is 30.3 Å². The molecule has 0 bridgehead atoms. The highest BCUT2D eigenvalue weighted by atomic mass is 15.0. The summed E-state index contributed by atoms with van der Waals surface area (Å²) in [6, 6.07) is 10.4. The molecular weight excluding hydrogens is 262 g/mol. The summed E-state index contributed by atoms with van der Waals surface area (Å²) < 4.78 is 1.99. The van der Waals surface area contributed by atoms with E-state index < -0.39 is 0 Å². The predicted octanol–water partition coefficient (Wildman–Crippen LogP) is 2.26. The number of nitrogens with zero attached hydrogens (tertiary/aromatic N) is 4. The smallest absolute Gasteiger partial charge is 0.125 e. The molecule has 0 radical (unpaired) electrons. The maximum Gasteiger partial charge on any atom is 0.125 e. The lowest BCUT2D eigenvalue weighted by atomic mass is 10.2. The van der Waals surface area contributed by atoms with Crippen molar-refractivity contribution in [2.24, 2.45) is 0 Å². The van der Waals surface area contributed by atoms with E-state index in [1.165, 1.54) is 5.56 Å². The lowest BCUT2D eigenvalue weighted by molar-refractivity contribution is 0.675. The second-order valence-electron chi connectivity index (χ2n) is 4.84. The number of imidazole rings is 1. The van der Waals surface area contributed by atoms with Crippen molar-refractivity contribution in [3.8, 4) is 5.69 Å². The van der Waals surface area contributed by atoms with Crippen LogP contribution in [0, 0.1) is 6.92 Å². The number of benzene rings is 1. The fraction of sp³-hybridized carbons (Fsp3) is 0.188. The third-order valence-electron chi connectivity index (χ3n) is 3.21. The normalized spacial score (nSPS) is 10.7. The van der Waals surface area contributed by atoms with Crippen LogP contribution in [-0.4, -0.2) is 19.5 Å². The van der Waals surface area contributed by atoms with Gasteiger partial charge in [-0.1, -0.05) is 12.1 Å². The fourth-order valence-corrected chi connectivity index (χ4v) is 2.14. The highest BCUT2D eigenvalue weighted by Crippen LogP contribution is 2.09. The zero-order chi connectivity index (χ0) is 14.5. The van der Waals surface area contributed by atoms with Gasteiger partial charge in [0.05, 0.1) is 12.0 Å². The summed E-state index contributed by atoms with van der Waals surface area (Å²) in [7, 11) is 0. The van der Waals surface area contributed by atoms with E-state index in [1.807, 2.05) is 23.8 Å². The summed E-state index contributed by atoms with van der Waals surface area (Å²) in [6.07, 6.45) is 7.30. The van der Waals surface area contributed by atoms with Crippen molar-refractivity contribution in [1.82, 2.24) is 24.8 Å². The molecule has 2 heterocycles. The molecule has 1 N–H and O–H groups in total. The summed E-state index contributed by atoms with van der Waals surface area (Å²) in [4.78, 5) is 12.5. The first-order chi connectivity index (χ1) is 10.3. The van der Waals surface area contributed by atoms with Crippen LogP contribution in [0.25, 0.3) is 5.69 Å². The number of rotatable bonds is 5. The van der Waals surface area contributed by atoms with Gasteiger partial charge in [0.25, 0.3) is 0 Å². The van der Waals surface area contributed by atoms with Gasteiger partial charge in [0.15, 0.2) is 0 Å². The van der Waals surface area contributed by atoms with Crippen LogP contribution in [-0.2, 0) is 13.1 Å². The van der Waals surface area contributed by atoms with Crippen molar-refractivity contribution < 1.29 is 0 Å². The average Bonchev–Trinajstić information content (AvgIpc) is 3.02. The van der Waals surface area contributed by atoms with E-state index in [2.05, 4.69) is 44.5 Å². The number of aryl methyl sites for hydroxylation is 1. The van der Waals surface area contributed by atoms with Crippen LogP contribution in [0.3, 0.4) is 0 Å². The minimum atomic E-state index is 0.743. The molecule has 0 saturated heterocycles. The van der Waals surface area contributed by atoms with Gasteiger partial charge in [-0.15, -0.1) is 0 Å². The highest BCUT2D eigenvalue weighted by Gasteiger charge is 1.98. The number of aromatic nitrogens is 4. The van der Waals surface area contributed by atoms with Gasteiger partial charge in [-0.2, -0.15) is 0 Å². The molecule has 3 rings (SSSR count). The molecule has 5 heteroatoms. The molecule has 1 aromatic carbocycles. The van der Waals surface area contributed by atoms with Crippen molar-refractivity contribution in [2.75, 3.05) is 0 Å². The summed E-state index contributed by atoms with van der Waals surface area (Å²) in [5.41, 5.74) is 3.37. The van der Waals surface area contributed by atoms with Crippen molar-refractivity contribution in [3.63, 3.8) is 0 Å². The number of nitrogens with one attached hydrogen (secondary N) is 1. The quantitative estimate of drug-likeness (QED) is 0.778. The molecular formula is C16H17N5. The largest absolute Gasteiger partial charge is 0.307 e. The molecule has 0 spiro atoms. The van der Waals surface area contributed by atoms with Crippen LogP contribution < -0.4 is 5.32 Å². The van der Waals surface area contributed by atoms with E-state index in [1.54, 1.807) is 18.7 Å². The van der Waals surface area contributed by atoms with Gasteiger partial charge in [-0.05, 0) is 30.7 Å². The standard InChI is InChI=1S/C16H17N5/c1-13-19-7-6-15(20-13)11-18-10-14-2-4-16(5-3-14)21-9-8-17-12-21/h2-9,12,18H,10-11H2,1H3. The Morgan fingerprint density at radius 3 is 2.62 bits per heavy atom. The molecule has 21 heavy (non-hydrogen) atoms. The molecule has 0 atom stereocenters. The van der Waals surface area contributed by atoms with Crippen molar-refractivity contribution >= 4 is 0 Å². The first kappa shape index (κ1) is 13.5. The lowest BCUT2D eigenvalue weighted by Gasteiger charge is -2.07. The van der Waals surface area contributed by atoms with E-state index in [0.29, 0.717) is 0 Å². The van der Waals surface area contributed by atoms with Gasteiger partial charge in [-0.25, -0.2) is 15.0 Å². The second kappa shape index (κ2) is 6.28.